The molecule has 12 nitrogen and oxygen atoms in total. The van der Waals surface area contributed by atoms with Crippen LogP contribution >= 0.6 is 0 Å². The van der Waals surface area contributed by atoms with E-state index in [1.807, 2.05) is 42.5 Å². The third-order valence-electron chi connectivity index (χ3n) is 7.16. The molecule has 4 N–H and O–H groups in total. The molecule has 0 spiro atoms. The van der Waals surface area contributed by atoms with Crippen LogP contribution in [0.5, 0.6) is 0 Å². The standard InChI is InChI=1S/C30H31N7O3.C2HF3O2/c31-28(39)27(38)26(20-22-8-3-1-4-9-22)33-30(40)25-12-7-14-32-29(25)37-15-13-23(34-37)21-35-16-18-36(19-17-35)24-10-5-2-6-11-24;3-2(4,5)1(6)7/h1-15,26H,16-21H2,(H2,31,39)(H,33,40);(H,6,7). The van der Waals surface area contributed by atoms with Gasteiger partial charge in [0.05, 0.1) is 11.3 Å². The molecule has 1 saturated heterocycles. The first-order valence-corrected chi connectivity index (χ1v) is 14.4. The lowest BCUT2D eigenvalue weighted by molar-refractivity contribution is -0.192. The largest absolute Gasteiger partial charge is 0.490 e. The Labute approximate surface area is 267 Å². The van der Waals surface area contributed by atoms with E-state index in [1.165, 1.54) is 5.69 Å². The number of carboxylic acids is 1. The minimum atomic E-state index is -5.08. The van der Waals surface area contributed by atoms with Gasteiger partial charge in [-0.15, -0.1) is 0 Å². The van der Waals surface area contributed by atoms with Gasteiger partial charge in [0.1, 0.15) is 6.04 Å². The lowest BCUT2D eigenvalue weighted by Crippen LogP contribution is -2.47. The van der Waals surface area contributed by atoms with E-state index in [0.717, 1.165) is 37.4 Å². The van der Waals surface area contributed by atoms with E-state index in [4.69, 9.17) is 15.6 Å². The number of aliphatic carboxylic acids is 1. The number of rotatable bonds is 10. The van der Waals surface area contributed by atoms with Gasteiger partial charge in [0.15, 0.2) is 5.82 Å². The van der Waals surface area contributed by atoms with Crippen LogP contribution in [0.15, 0.2) is 91.3 Å². The van der Waals surface area contributed by atoms with Crippen LogP contribution in [0.4, 0.5) is 18.9 Å². The molecular formula is C32H32F3N7O5. The van der Waals surface area contributed by atoms with Crippen molar-refractivity contribution in [2.24, 2.45) is 5.73 Å². The zero-order valence-electron chi connectivity index (χ0n) is 25.0. The number of piperazine rings is 1. The lowest BCUT2D eigenvalue weighted by atomic mass is 10.0. The Bertz CT molecular complexity index is 1680. The summed E-state index contributed by atoms with van der Waals surface area (Å²) in [4.78, 5) is 55.6. The molecule has 4 aromatic rings. The highest BCUT2D eigenvalue weighted by molar-refractivity contribution is 6.38. The maximum atomic E-state index is 13.3. The highest BCUT2D eigenvalue weighted by Crippen LogP contribution is 2.18. The number of benzene rings is 2. The Morgan fingerprint density at radius 2 is 1.51 bits per heavy atom. The summed E-state index contributed by atoms with van der Waals surface area (Å²) in [5.41, 5.74) is 8.37. The average molecular weight is 652 g/mol. The van der Waals surface area contributed by atoms with Gasteiger partial charge in [-0.1, -0.05) is 48.5 Å². The van der Waals surface area contributed by atoms with Crippen molar-refractivity contribution in [1.29, 1.82) is 0 Å². The summed E-state index contributed by atoms with van der Waals surface area (Å²) in [6.45, 7) is 4.37. The number of carboxylic acid groups (broad SMARTS) is 1. The zero-order chi connectivity index (χ0) is 34.0. The molecule has 0 bridgehead atoms. The molecule has 0 radical (unpaired) electrons. The molecule has 0 saturated carbocycles. The molecule has 2 aromatic heterocycles. The number of hydrogen-bond acceptors (Lipinski definition) is 8. The van der Waals surface area contributed by atoms with Crippen molar-refractivity contribution in [1.82, 2.24) is 25.0 Å². The molecule has 47 heavy (non-hydrogen) atoms. The fraction of sp³-hybridized carbons (Fsp3) is 0.250. The van der Waals surface area contributed by atoms with Gasteiger partial charge < -0.3 is 21.1 Å². The minimum Gasteiger partial charge on any atom is -0.475 e. The van der Waals surface area contributed by atoms with Crippen molar-refractivity contribution in [2.45, 2.75) is 25.2 Å². The van der Waals surface area contributed by atoms with Crippen molar-refractivity contribution < 1.29 is 37.5 Å². The molecule has 3 heterocycles. The molecule has 1 aliphatic heterocycles. The van der Waals surface area contributed by atoms with Crippen LogP contribution in [0.2, 0.25) is 0 Å². The first kappa shape index (κ1) is 34.3. The van der Waals surface area contributed by atoms with Gasteiger partial charge in [0.2, 0.25) is 5.78 Å². The van der Waals surface area contributed by atoms with Gasteiger partial charge in [-0.2, -0.15) is 18.3 Å². The number of nitrogens with two attached hydrogens (primary N) is 1. The van der Waals surface area contributed by atoms with Crippen LogP contribution in [0.1, 0.15) is 21.6 Å². The van der Waals surface area contributed by atoms with Gasteiger partial charge in [-0.05, 0) is 35.9 Å². The third kappa shape index (κ3) is 9.71. The van der Waals surface area contributed by atoms with E-state index in [2.05, 4.69) is 49.5 Å². The Morgan fingerprint density at radius 1 is 0.894 bits per heavy atom. The molecule has 1 atom stereocenters. The number of ketones is 1. The predicted molar refractivity (Wildman–Crippen MR) is 165 cm³/mol. The smallest absolute Gasteiger partial charge is 0.475 e. The molecule has 2 aromatic carbocycles. The van der Waals surface area contributed by atoms with Crippen LogP contribution in [0.3, 0.4) is 0 Å². The summed E-state index contributed by atoms with van der Waals surface area (Å²) in [5.74, 6) is -4.95. The number of nitrogens with one attached hydrogen (secondary N) is 1. The molecule has 1 aliphatic rings. The maximum Gasteiger partial charge on any atom is 0.490 e. The molecule has 5 rings (SSSR count). The molecule has 15 heteroatoms. The minimum absolute atomic E-state index is 0.132. The van der Waals surface area contributed by atoms with Crippen molar-refractivity contribution in [2.75, 3.05) is 31.1 Å². The molecule has 246 valence electrons. The van der Waals surface area contributed by atoms with Gasteiger partial charge in [0, 0.05) is 57.2 Å². The number of carbonyl (C=O) groups excluding carboxylic acids is 3. The highest BCUT2D eigenvalue weighted by atomic mass is 19.4. The molecule has 2 amide bonds. The van der Waals surface area contributed by atoms with E-state index in [0.29, 0.717) is 12.4 Å². The van der Waals surface area contributed by atoms with Crippen LogP contribution in [-0.2, 0) is 27.3 Å². The summed E-state index contributed by atoms with van der Waals surface area (Å²) in [6.07, 6.45) is -1.61. The Kier molecular flexibility index (Phi) is 11.4. The second kappa shape index (κ2) is 15.6. The van der Waals surface area contributed by atoms with E-state index in [1.54, 1.807) is 29.2 Å². The van der Waals surface area contributed by atoms with Crippen molar-refractivity contribution in [3.05, 3.63) is 108 Å². The van der Waals surface area contributed by atoms with Crippen molar-refractivity contribution in [3.8, 4) is 5.82 Å². The maximum absolute atomic E-state index is 13.3. The number of primary amides is 1. The monoisotopic (exact) mass is 651 g/mol. The molecule has 1 fully saturated rings. The molecular weight excluding hydrogens is 619 g/mol. The van der Waals surface area contributed by atoms with E-state index >= 15 is 0 Å². The van der Waals surface area contributed by atoms with Gasteiger partial charge in [0.25, 0.3) is 11.8 Å². The van der Waals surface area contributed by atoms with E-state index < -0.39 is 35.8 Å². The van der Waals surface area contributed by atoms with Crippen LogP contribution in [0.25, 0.3) is 5.82 Å². The summed E-state index contributed by atoms with van der Waals surface area (Å²) in [5, 5.41) is 14.5. The van der Waals surface area contributed by atoms with Gasteiger partial charge >= 0.3 is 12.1 Å². The quantitative estimate of drug-likeness (QED) is 0.219. The topological polar surface area (TPSA) is 164 Å². The van der Waals surface area contributed by atoms with Crippen LogP contribution in [-0.4, -0.2) is 86.7 Å². The first-order chi connectivity index (χ1) is 22.4. The second-order valence-electron chi connectivity index (χ2n) is 10.5. The number of amides is 2. The van der Waals surface area contributed by atoms with E-state index in [9.17, 15) is 27.6 Å². The number of carbonyl (C=O) groups is 4. The second-order valence-corrected chi connectivity index (χ2v) is 10.5. The zero-order valence-corrected chi connectivity index (χ0v) is 25.0. The third-order valence-corrected chi connectivity index (χ3v) is 7.16. The number of anilines is 1. The number of halogens is 3. The Morgan fingerprint density at radius 3 is 2.11 bits per heavy atom. The molecule has 1 unspecified atom stereocenters. The first-order valence-electron chi connectivity index (χ1n) is 14.4. The summed E-state index contributed by atoms with van der Waals surface area (Å²) in [6, 6.07) is 23.6. The van der Waals surface area contributed by atoms with Gasteiger partial charge in [-0.3, -0.25) is 19.3 Å². The van der Waals surface area contributed by atoms with Gasteiger partial charge in [-0.25, -0.2) is 14.5 Å². The Hall–Kier alpha value is -5.57. The predicted octanol–water partition coefficient (Wildman–Crippen LogP) is 2.62. The fourth-order valence-corrected chi connectivity index (χ4v) is 4.82. The normalized spacial score (nSPS) is 14.0. The fourth-order valence-electron chi connectivity index (χ4n) is 4.82. The van der Waals surface area contributed by atoms with Crippen LogP contribution < -0.4 is 16.0 Å². The summed E-state index contributed by atoms with van der Waals surface area (Å²) < 4.78 is 33.3. The summed E-state index contributed by atoms with van der Waals surface area (Å²) in [7, 11) is 0. The molecule has 0 aliphatic carbocycles. The number of pyridine rings is 1. The number of Topliss-reactive ketones (excluding diaryl/α,β-unsaturated/α-hetero) is 1. The lowest BCUT2D eigenvalue weighted by Gasteiger charge is -2.35. The number of hydrogen-bond donors (Lipinski definition) is 3. The van der Waals surface area contributed by atoms with E-state index in [-0.39, 0.29) is 12.0 Å². The van der Waals surface area contributed by atoms with Crippen LogP contribution in [0, 0.1) is 0 Å². The summed E-state index contributed by atoms with van der Waals surface area (Å²) >= 11 is 0. The van der Waals surface area contributed by atoms with Crippen molar-refractivity contribution >= 4 is 29.3 Å². The van der Waals surface area contributed by atoms with Crippen molar-refractivity contribution in [3.63, 3.8) is 0 Å². The number of aromatic nitrogens is 3. The number of nitrogens with zero attached hydrogens (tertiary/aromatic N) is 5. The Balaban J connectivity index is 0.000000644. The highest BCUT2D eigenvalue weighted by Gasteiger charge is 2.38. The number of alkyl halides is 3. The number of para-hydroxylation sites is 1. The average Bonchev–Trinajstić information content (AvgIpc) is 3.53. The SMILES string of the molecule is NC(=O)C(=O)C(Cc1ccccc1)NC(=O)c1cccnc1-n1ccc(CN2CCN(c3ccccc3)CC2)n1.O=C(O)C(F)(F)F.